The summed E-state index contributed by atoms with van der Waals surface area (Å²) >= 11 is 0. The van der Waals surface area contributed by atoms with Gasteiger partial charge in [0, 0.05) is 0 Å². The van der Waals surface area contributed by atoms with E-state index in [9.17, 15) is 14.4 Å². The van der Waals surface area contributed by atoms with Crippen LogP contribution in [0.1, 0.15) is 19.4 Å². The first-order valence-electron chi connectivity index (χ1n) is 7.82. The molecule has 3 N–H and O–H groups in total. The number of carbonyl (C=O) groups is 3. The van der Waals surface area contributed by atoms with Crippen molar-refractivity contribution in [2.75, 3.05) is 21.3 Å². The van der Waals surface area contributed by atoms with Crippen LogP contribution in [0, 0.1) is 5.92 Å². The Morgan fingerprint density at radius 3 is 1.96 bits per heavy atom. The summed E-state index contributed by atoms with van der Waals surface area (Å²) in [7, 11) is 4.39. The molecule has 0 saturated carbocycles. The third-order valence-corrected chi connectivity index (χ3v) is 3.44. The largest absolute Gasteiger partial charge is 0.493 e. The van der Waals surface area contributed by atoms with Gasteiger partial charge in [0.15, 0.2) is 17.6 Å². The third kappa shape index (κ3) is 5.54. The van der Waals surface area contributed by atoms with Gasteiger partial charge < -0.3 is 24.7 Å². The van der Waals surface area contributed by atoms with E-state index in [-0.39, 0.29) is 12.3 Å². The first-order chi connectivity index (χ1) is 12.2. The predicted molar refractivity (Wildman–Crippen MR) is 92.2 cm³/mol. The summed E-state index contributed by atoms with van der Waals surface area (Å²) in [6, 6.07) is 2.20. The molecule has 0 aliphatic heterocycles. The van der Waals surface area contributed by atoms with E-state index in [0.717, 1.165) is 0 Å². The van der Waals surface area contributed by atoms with E-state index >= 15 is 0 Å². The molecule has 1 aromatic carbocycles. The summed E-state index contributed by atoms with van der Waals surface area (Å²) in [6.45, 7) is 3.36. The summed E-state index contributed by atoms with van der Waals surface area (Å²) < 4.78 is 20.9. The maximum absolute atomic E-state index is 12.2. The Bertz CT molecular complexity index is 648. The van der Waals surface area contributed by atoms with Gasteiger partial charge in [0.1, 0.15) is 0 Å². The molecule has 0 aromatic heterocycles. The molecule has 0 unspecified atom stereocenters. The van der Waals surface area contributed by atoms with Crippen LogP contribution >= 0.6 is 0 Å². The number of primary amides is 1. The van der Waals surface area contributed by atoms with Crippen LogP contribution < -0.4 is 25.3 Å². The highest BCUT2D eigenvalue weighted by atomic mass is 16.5. The Kier molecular flexibility index (Phi) is 7.70. The van der Waals surface area contributed by atoms with Gasteiger partial charge in [0.25, 0.3) is 5.91 Å². The first-order valence-corrected chi connectivity index (χ1v) is 7.82. The summed E-state index contributed by atoms with van der Waals surface area (Å²) in [6.07, 6.45) is -1.28. The monoisotopic (exact) mass is 368 g/mol. The molecule has 0 saturated heterocycles. The average molecular weight is 368 g/mol. The van der Waals surface area contributed by atoms with E-state index < -0.39 is 24.0 Å². The normalized spacial score (nSPS) is 11.5. The van der Waals surface area contributed by atoms with Crippen molar-refractivity contribution < 1.29 is 33.3 Å². The highest BCUT2D eigenvalue weighted by molar-refractivity contribution is 5.96. The third-order valence-electron chi connectivity index (χ3n) is 3.44. The van der Waals surface area contributed by atoms with Crippen molar-refractivity contribution in [1.29, 1.82) is 0 Å². The van der Waals surface area contributed by atoms with E-state index in [4.69, 9.17) is 24.7 Å². The lowest BCUT2D eigenvalue weighted by atomic mass is 10.1. The minimum absolute atomic E-state index is 0.135. The van der Waals surface area contributed by atoms with Crippen molar-refractivity contribution in [1.82, 2.24) is 5.32 Å². The topological polar surface area (TPSA) is 126 Å². The molecule has 1 rings (SSSR count). The fraction of sp³-hybridized carbons (Fsp3) is 0.471. The van der Waals surface area contributed by atoms with Crippen LogP contribution in [0.15, 0.2) is 12.1 Å². The van der Waals surface area contributed by atoms with Crippen molar-refractivity contribution in [2.24, 2.45) is 11.7 Å². The Morgan fingerprint density at radius 2 is 1.58 bits per heavy atom. The number of rotatable bonds is 8. The number of methoxy groups -OCH3 is 3. The zero-order valence-corrected chi connectivity index (χ0v) is 15.5. The number of imide groups is 1. The number of nitrogens with one attached hydrogen (secondary N) is 1. The molecule has 0 radical (unpaired) electrons. The lowest BCUT2D eigenvalue weighted by Crippen LogP contribution is -2.45. The number of amides is 3. The zero-order chi connectivity index (χ0) is 19.9. The number of carbonyl (C=O) groups excluding carboxylic acids is 3. The van der Waals surface area contributed by atoms with Crippen LogP contribution in [0.2, 0.25) is 0 Å². The van der Waals surface area contributed by atoms with Crippen molar-refractivity contribution in [3.63, 3.8) is 0 Å². The molecule has 0 aliphatic carbocycles. The Morgan fingerprint density at radius 1 is 1.04 bits per heavy atom. The molecule has 1 aromatic rings. The van der Waals surface area contributed by atoms with Crippen LogP contribution in [0.3, 0.4) is 0 Å². The number of benzene rings is 1. The lowest BCUT2D eigenvalue weighted by Gasteiger charge is -2.20. The van der Waals surface area contributed by atoms with Crippen molar-refractivity contribution in [3.8, 4) is 17.2 Å². The van der Waals surface area contributed by atoms with Gasteiger partial charge in [-0.15, -0.1) is 0 Å². The van der Waals surface area contributed by atoms with Crippen LogP contribution in [0.25, 0.3) is 0 Å². The molecule has 144 valence electrons. The molecule has 0 aliphatic rings. The average Bonchev–Trinajstić information content (AvgIpc) is 2.57. The number of esters is 1. The van der Waals surface area contributed by atoms with Gasteiger partial charge in [-0.1, -0.05) is 13.8 Å². The van der Waals surface area contributed by atoms with Crippen molar-refractivity contribution in [2.45, 2.75) is 26.4 Å². The summed E-state index contributed by atoms with van der Waals surface area (Å²) in [5.41, 5.74) is 5.47. The molecule has 0 spiro atoms. The number of ether oxygens (including phenoxy) is 4. The molecule has 3 amide bonds. The van der Waals surface area contributed by atoms with E-state index in [0.29, 0.717) is 22.8 Å². The van der Waals surface area contributed by atoms with Gasteiger partial charge in [-0.3, -0.25) is 14.9 Å². The standard InChI is InChI=1S/C17H24N2O7/c1-9(2)14(16(21)19-17(18)22)26-13(20)8-10-6-11(23-3)15(25-5)12(7-10)24-4/h6-7,9,14H,8H2,1-5H3,(H3,18,19,21,22)/t14-/m0/s1. The van der Waals surface area contributed by atoms with Crippen LogP contribution in [0.4, 0.5) is 4.79 Å². The van der Waals surface area contributed by atoms with Gasteiger partial charge in [-0.05, 0) is 23.6 Å². The first kappa shape index (κ1) is 21.1. The van der Waals surface area contributed by atoms with E-state index in [1.165, 1.54) is 21.3 Å². The van der Waals surface area contributed by atoms with Gasteiger partial charge in [0.2, 0.25) is 5.75 Å². The van der Waals surface area contributed by atoms with Gasteiger partial charge in [0.05, 0.1) is 27.8 Å². The van der Waals surface area contributed by atoms with E-state index in [1.54, 1.807) is 26.0 Å². The smallest absolute Gasteiger partial charge is 0.318 e. The SMILES string of the molecule is COc1cc(CC(=O)O[C@H](C(=O)NC(N)=O)C(C)C)cc(OC)c1OC. The highest BCUT2D eigenvalue weighted by Gasteiger charge is 2.27. The Balaban J connectivity index is 2.95. The molecule has 0 fully saturated rings. The number of nitrogens with two attached hydrogens (primary N) is 1. The molecule has 1 atom stereocenters. The van der Waals surface area contributed by atoms with E-state index in [1.807, 2.05) is 5.32 Å². The van der Waals surface area contributed by atoms with Crippen LogP contribution in [0.5, 0.6) is 17.2 Å². The molecule has 0 bridgehead atoms. The maximum atomic E-state index is 12.2. The Hall–Kier alpha value is -2.97. The second kappa shape index (κ2) is 9.50. The van der Waals surface area contributed by atoms with Gasteiger partial charge in [-0.25, -0.2) is 4.79 Å². The van der Waals surface area contributed by atoms with Crippen LogP contribution in [-0.4, -0.2) is 45.3 Å². The van der Waals surface area contributed by atoms with Crippen molar-refractivity contribution in [3.05, 3.63) is 17.7 Å². The number of hydrogen-bond donors (Lipinski definition) is 2. The highest BCUT2D eigenvalue weighted by Crippen LogP contribution is 2.38. The van der Waals surface area contributed by atoms with E-state index in [2.05, 4.69) is 0 Å². The van der Waals surface area contributed by atoms with Crippen molar-refractivity contribution >= 4 is 17.9 Å². The minimum Gasteiger partial charge on any atom is -0.493 e. The molecule has 26 heavy (non-hydrogen) atoms. The summed E-state index contributed by atoms with van der Waals surface area (Å²) in [4.78, 5) is 35.0. The maximum Gasteiger partial charge on any atom is 0.318 e. The molecule has 9 nitrogen and oxygen atoms in total. The summed E-state index contributed by atoms with van der Waals surface area (Å²) in [5.74, 6) is -0.599. The molecular weight excluding hydrogens is 344 g/mol. The van der Waals surface area contributed by atoms with Gasteiger partial charge in [-0.2, -0.15) is 0 Å². The molecule has 9 heteroatoms. The quantitative estimate of drug-likeness (QED) is 0.656. The fourth-order valence-electron chi connectivity index (χ4n) is 2.27. The fourth-order valence-corrected chi connectivity index (χ4v) is 2.27. The minimum atomic E-state index is -1.14. The predicted octanol–water partition coefficient (Wildman–Crippen LogP) is 1.02. The number of hydrogen-bond acceptors (Lipinski definition) is 7. The zero-order valence-electron chi connectivity index (χ0n) is 15.5. The Labute approximate surface area is 151 Å². The molecule has 0 heterocycles. The lowest BCUT2D eigenvalue weighted by molar-refractivity contribution is -0.157. The second-order valence-electron chi connectivity index (χ2n) is 5.72. The summed E-state index contributed by atoms with van der Waals surface area (Å²) in [5, 5.41) is 1.91. The molecular formula is C17H24N2O7. The number of urea groups is 1. The van der Waals surface area contributed by atoms with Crippen LogP contribution in [-0.2, 0) is 20.7 Å². The van der Waals surface area contributed by atoms with Gasteiger partial charge >= 0.3 is 12.0 Å². The second-order valence-corrected chi connectivity index (χ2v) is 5.72.